The molecule has 0 nitrogen and oxygen atoms in total. The molecule has 0 spiro atoms. The third kappa shape index (κ3) is 13.2. The molecule has 0 bridgehead atoms. The molecule has 0 aliphatic heterocycles. The maximum Gasteiger partial charge on any atom is 0.389 e. The van der Waals surface area contributed by atoms with E-state index in [1.54, 1.807) is 0 Å². The molecule has 1 unspecified atom stereocenters. The summed E-state index contributed by atoms with van der Waals surface area (Å²) >= 11 is 0. The molecule has 98 valence electrons. The summed E-state index contributed by atoms with van der Waals surface area (Å²) in [5, 5.41) is 1.24. The Morgan fingerprint density at radius 3 is 1.29 bits per heavy atom. The van der Waals surface area contributed by atoms with Gasteiger partial charge in [0.05, 0.1) is 12.8 Å². The molecule has 1 rings (SSSR count). The van der Waals surface area contributed by atoms with E-state index in [4.69, 9.17) is 0 Å². The van der Waals surface area contributed by atoms with E-state index in [-0.39, 0.29) is 0 Å². The molecule has 0 N–H and O–H groups in total. The van der Waals surface area contributed by atoms with Crippen LogP contribution in [-0.4, -0.2) is 12.4 Å². The fraction of sp³-hybridized carbons (Fsp3) is 0.400. The molecule has 1 aromatic rings. The van der Waals surface area contributed by atoms with E-state index in [2.05, 4.69) is 9.24 Å². The summed E-state index contributed by atoms with van der Waals surface area (Å²) in [6.07, 6.45) is -13.0. The first-order valence-corrected chi connectivity index (χ1v) is 5.12. The second kappa shape index (κ2) is 6.84. The van der Waals surface area contributed by atoms with Crippen molar-refractivity contribution in [2.24, 2.45) is 0 Å². The Morgan fingerprint density at radius 2 is 1.12 bits per heavy atom. The van der Waals surface area contributed by atoms with Gasteiger partial charge in [0.1, 0.15) is 0 Å². The smallest absolute Gasteiger partial charge is 0.171 e. The van der Waals surface area contributed by atoms with Crippen LogP contribution in [0.15, 0.2) is 30.3 Å². The van der Waals surface area contributed by atoms with E-state index in [1.165, 1.54) is 5.30 Å². The monoisotopic (exact) mass is 276 g/mol. The van der Waals surface area contributed by atoms with Crippen molar-refractivity contribution >= 4 is 14.5 Å². The summed E-state index contributed by atoms with van der Waals surface area (Å²) in [5.41, 5.74) is 0. The van der Waals surface area contributed by atoms with Crippen molar-refractivity contribution in [3.8, 4) is 0 Å². The molecule has 0 aromatic heterocycles. The lowest BCUT2D eigenvalue weighted by atomic mass is 10.3. The van der Waals surface area contributed by atoms with Crippen LogP contribution in [0.2, 0.25) is 0 Å². The second-order valence-corrected chi connectivity index (χ2v) is 3.81. The van der Waals surface area contributed by atoms with Crippen LogP contribution in [0.1, 0.15) is 12.8 Å². The topological polar surface area (TPSA) is 0 Å². The Balaban J connectivity index is 0.000000318. The Bertz CT molecular complexity index is 289. The van der Waals surface area contributed by atoms with Gasteiger partial charge in [-0.3, -0.25) is 0 Å². The number of hydrogen-bond donors (Lipinski definition) is 0. The molecule has 1 aromatic carbocycles. The van der Waals surface area contributed by atoms with E-state index in [0.717, 1.165) is 0 Å². The minimum atomic E-state index is -4.71. The van der Waals surface area contributed by atoms with Gasteiger partial charge in [-0.05, 0) is 5.30 Å². The largest absolute Gasteiger partial charge is 0.389 e. The average Bonchev–Trinajstić information content (AvgIpc) is 2.15. The molecule has 0 radical (unpaired) electrons. The van der Waals surface area contributed by atoms with Gasteiger partial charge in [-0.15, -0.1) is 9.24 Å². The molecule has 0 saturated heterocycles. The number of alkyl halides is 6. The standard InChI is InChI=1S/C6H7P.C4H4F6/c7-6-4-2-1-3-5-6;5-3(6,7)1-2-4(8,9)10/h1-5H,7H2;1-2H2. The summed E-state index contributed by atoms with van der Waals surface area (Å²) in [5.74, 6) is 0. The van der Waals surface area contributed by atoms with Crippen LogP contribution in [-0.2, 0) is 0 Å². The highest BCUT2D eigenvalue weighted by atomic mass is 31.0. The van der Waals surface area contributed by atoms with Crippen LogP contribution in [0, 0.1) is 0 Å². The van der Waals surface area contributed by atoms with Crippen molar-refractivity contribution in [1.29, 1.82) is 0 Å². The van der Waals surface area contributed by atoms with E-state index in [0.29, 0.717) is 0 Å². The summed E-state index contributed by atoms with van der Waals surface area (Å²) < 4.78 is 66.5. The second-order valence-electron chi connectivity index (χ2n) is 3.14. The van der Waals surface area contributed by atoms with E-state index >= 15 is 0 Å². The highest BCUT2D eigenvalue weighted by Gasteiger charge is 2.36. The van der Waals surface area contributed by atoms with Crippen LogP contribution in [0.4, 0.5) is 26.3 Å². The van der Waals surface area contributed by atoms with Crippen molar-refractivity contribution in [2.75, 3.05) is 0 Å². The van der Waals surface area contributed by atoms with Crippen molar-refractivity contribution in [2.45, 2.75) is 25.2 Å². The highest BCUT2D eigenvalue weighted by Crippen LogP contribution is 2.29. The third-order valence-electron chi connectivity index (χ3n) is 1.49. The fourth-order valence-corrected chi connectivity index (χ4v) is 0.959. The lowest BCUT2D eigenvalue weighted by Crippen LogP contribution is -2.15. The summed E-state index contributed by atoms with van der Waals surface area (Å²) in [6.45, 7) is 0. The van der Waals surface area contributed by atoms with Gasteiger partial charge in [0, 0.05) is 0 Å². The lowest BCUT2D eigenvalue weighted by molar-refractivity contribution is -0.183. The minimum absolute atomic E-state index is 1.24. The first kappa shape index (κ1) is 16.2. The van der Waals surface area contributed by atoms with Gasteiger partial charge in [-0.2, -0.15) is 26.3 Å². The Hall–Kier alpha value is -0.770. The molecule has 0 saturated carbocycles. The van der Waals surface area contributed by atoms with Crippen molar-refractivity contribution < 1.29 is 26.3 Å². The maximum atomic E-state index is 11.1. The van der Waals surface area contributed by atoms with Crippen LogP contribution >= 0.6 is 9.24 Å². The quantitative estimate of drug-likeness (QED) is 0.535. The summed E-state index contributed by atoms with van der Waals surface area (Å²) in [4.78, 5) is 0. The van der Waals surface area contributed by atoms with Crippen molar-refractivity contribution in [3.05, 3.63) is 30.3 Å². The van der Waals surface area contributed by atoms with Crippen LogP contribution in [0.3, 0.4) is 0 Å². The van der Waals surface area contributed by atoms with Gasteiger partial charge in [-0.25, -0.2) is 0 Å². The van der Waals surface area contributed by atoms with Crippen LogP contribution in [0.5, 0.6) is 0 Å². The van der Waals surface area contributed by atoms with E-state index in [1.807, 2.05) is 30.3 Å². The SMILES string of the molecule is FC(F)(F)CCC(F)(F)F.Pc1ccccc1. The molecule has 0 aliphatic rings. The Kier molecular flexibility index (Phi) is 6.53. The van der Waals surface area contributed by atoms with Gasteiger partial charge in [-0.1, -0.05) is 30.3 Å². The first-order valence-electron chi connectivity index (χ1n) is 4.54. The number of rotatable bonds is 1. The van der Waals surface area contributed by atoms with Gasteiger partial charge in [0.2, 0.25) is 0 Å². The van der Waals surface area contributed by atoms with Crippen LogP contribution < -0.4 is 5.30 Å². The first-order chi connectivity index (χ1) is 7.60. The molecular weight excluding hydrogens is 265 g/mol. The molecule has 7 heteroatoms. The maximum absolute atomic E-state index is 11.1. The zero-order valence-electron chi connectivity index (χ0n) is 8.65. The zero-order chi connectivity index (χ0) is 13.5. The number of hydrogen-bond acceptors (Lipinski definition) is 0. The Labute approximate surface area is 97.2 Å². The molecular formula is C10H11F6P. The lowest BCUT2D eigenvalue weighted by Gasteiger charge is -2.07. The van der Waals surface area contributed by atoms with Gasteiger partial charge in [0.25, 0.3) is 0 Å². The number of benzene rings is 1. The van der Waals surface area contributed by atoms with Crippen molar-refractivity contribution in [3.63, 3.8) is 0 Å². The molecule has 0 aliphatic carbocycles. The van der Waals surface area contributed by atoms with E-state index in [9.17, 15) is 26.3 Å². The molecule has 0 fully saturated rings. The van der Waals surface area contributed by atoms with E-state index < -0.39 is 25.2 Å². The fourth-order valence-electron chi connectivity index (χ4n) is 0.737. The molecule has 0 heterocycles. The normalized spacial score (nSPS) is 11.7. The summed E-state index contributed by atoms with van der Waals surface area (Å²) in [7, 11) is 2.63. The third-order valence-corrected chi connectivity index (χ3v) is 1.88. The Morgan fingerprint density at radius 1 is 0.765 bits per heavy atom. The van der Waals surface area contributed by atoms with Gasteiger partial charge in [0.15, 0.2) is 0 Å². The predicted molar refractivity (Wildman–Crippen MR) is 57.1 cm³/mol. The highest BCUT2D eigenvalue weighted by molar-refractivity contribution is 7.27. The molecule has 0 amide bonds. The molecule has 17 heavy (non-hydrogen) atoms. The number of halogens is 6. The predicted octanol–water partition coefficient (Wildman–Crippen LogP) is 4.08. The average molecular weight is 276 g/mol. The minimum Gasteiger partial charge on any atom is -0.171 e. The van der Waals surface area contributed by atoms with Crippen LogP contribution in [0.25, 0.3) is 0 Å². The zero-order valence-corrected chi connectivity index (χ0v) is 9.80. The van der Waals surface area contributed by atoms with Gasteiger partial charge < -0.3 is 0 Å². The summed E-state index contributed by atoms with van der Waals surface area (Å²) in [6, 6.07) is 10.1. The van der Waals surface area contributed by atoms with Gasteiger partial charge >= 0.3 is 12.4 Å². The molecule has 1 atom stereocenters. The van der Waals surface area contributed by atoms with Crippen molar-refractivity contribution in [1.82, 2.24) is 0 Å².